The van der Waals surface area contributed by atoms with Crippen LogP contribution in [-0.2, 0) is 11.3 Å². The van der Waals surface area contributed by atoms with Gasteiger partial charge >= 0.3 is 0 Å². The molecule has 0 atom stereocenters. The zero-order valence-corrected chi connectivity index (χ0v) is 11.6. The smallest absolute Gasteiger partial charge is 0.243 e. The fourth-order valence-corrected chi connectivity index (χ4v) is 2.35. The van der Waals surface area contributed by atoms with Gasteiger partial charge in [0.05, 0.1) is 18.3 Å². The zero-order chi connectivity index (χ0) is 13.4. The summed E-state index contributed by atoms with van der Waals surface area (Å²) in [6.07, 6.45) is 2.58. The number of nitrogens with zero attached hydrogens (tertiary/aromatic N) is 1. The molecule has 18 heavy (non-hydrogen) atoms. The van der Waals surface area contributed by atoms with E-state index in [4.69, 9.17) is 4.42 Å². The van der Waals surface area contributed by atoms with Gasteiger partial charge < -0.3 is 14.6 Å². The van der Waals surface area contributed by atoms with Crippen molar-refractivity contribution in [3.8, 4) is 0 Å². The fraction of sp³-hybridized carbons (Fsp3) is 0.643. The molecular formula is C14H22N2O2. The van der Waals surface area contributed by atoms with Crippen LogP contribution in [-0.4, -0.2) is 28.4 Å². The van der Waals surface area contributed by atoms with Gasteiger partial charge in [0.2, 0.25) is 5.91 Å². The van der Waals surface area contributed by atoms with Crippen LogP contribution in [0, 0.1) is 0 Å². The second-order valence-electron chi connectivity index (χ2n) is 6.08. The van der Waals surface area contributed by atoms with Crippen LogP contribution < -0.4 is 5.32 Å². The van der Waals surface area contributed by atoms with Gasteiger partial charge in [0, 0.05) is 5.54 Å². The number of amides is 1. The molecule has 1 fully saturated rings. The molecule has 0 aromatic carbocycles. The van der Waals surface area contributed by atoms with Crippen LogP contribution >= 0.6 is 0 Å². The van der Waals surface area contributed by atoms with Crippen molar-refractivity contribution in [3.05, 3.63) is 24.2 Å². The number of carbonyl (C=O) groups is 1. The molecule has 1 aliphatic rings. The van der Waals surface area contributed by atoms with Gasteiger partial charge in [0.1, 0.15) is 5.76 Å². The summed E-state index contributed by atoms with van der Waals surface area (Å²) in [5.74, 6) is 0.954. The molecule has 0 saturated carbocycles. The molecule has 0 bridgehead atoms. The van der Waals surface area contributed by atoms with E-state index >= 15 is 0 Å². The monoisotopic (exact) mass is 250 g/mol. The van der Waals surface area contributed by atoms with Gasteiger partial charge in [-0.2, -0.15) is 0 Å². The standard InChI is InChI=1S/C14H22N2O2/c1-13(2)7-8-15-14(3,4)12(17)16(13)10-11-6-5-9-18-11/h5-6,9,15H,7-8,10H2,1-4H3. The Kier molecular flexibility index (Phi) is 3.23. The van der Waals surface area contributed by atoms with Crippen LogP contribution in [0.15, 0.2) is 22.8 Å². The Hall–Kier alpha value is -1.29. The van der Waals surface area contributed by atoms with E-state index < -0.39 is 5.54 Å². The highest BCUT2D eigenvalue weighted by Gasteiger charge is 2.41. The third-order valence-corrected chi connectivity index (χ3v) is 3.71. The maximum Gasteiger partial charge on any atom is 0.243 e. The molecule has 0 spiro atoms. The summed E-state index contributed by atoms with van der Waals surface area (Å²) >= 11 is 0. The molecular weight excluding hydrogens is 228 g/mol. The number of nitrogens with one attached hydrogen (secondary N) is 1. The van der Waals surface area contributed by atoms with Crippen LogP contribution in [0.2, 0.25) is 0 Å². The lowest BCUT2D eigenvalue weighted by atomic mass is 9.97. The highest BCUT2D eigenvalue weighted by atomic mass is 16.3. The van der Waals surface area contributed by atoms with Gasteiger partial charge in [-0.3, -0.25) is 4.79 Å². The lowest BCUT2D eigenvalue weighted by molar-refractivity contribution is -0.142. The number of carbonyl (C=O) groups excluding carboxylic acids is 1. The van der Waals surface area contributed by atoms with Gasteiger partial charge in [0.25, 0.3) is 0 Å². The van der Waals surface area contributed by atoms with Crippen molar-refractivity contribution in [2.45, 2.75) is 51.7 Å². The van der Waals surface area contributed by atoms with Crippen molar-refractivity contribution in [2.24, 2.45) is 0 Å². The first-order valence-corrected chi connectivity index (χ1v) is 6.42. The normalized spacial score (nSPS) is 22.9. The summed E-state index contributed by atoms with van der Waals surface area (Å²) in [5.41, 5.74) is -0.676. The molecule has 1 saturated heterocycles. The average molecular weight is 250 g/mol. The Morgan fingerprint density at radius 3 is 2.72 bits per heavy atom. The van der Waals surface area contributed by atoms with Gasteiger partial charge in [-0.05, 0) is 52.8 Å². The molecule has 0 radical (unpaired) electrons. The molecule has 1 aliphatic heterocycles. The largest absolute Gasteiger partial charge is 0.467 e. The number of hydrogen-bond donors (Lipinski definition) is 1. The first-order valence-electron chi connectivity index (χ1n) is 6.42. The molecule has 0 unspecified atom stereocenters. The molecule has 1 aromatic heterocycles. The summed E-state index contributed by atoms with van der Waals surface area (Å²) in [7, 11) is 0. The summed E-state index contributed by atoms with van der Waals surface area (Å²) in [6.45, 7) is 9.47. The van der Waals surface area contributed by atoms with E-state index in [-0.39, 0.29) is 11.4 Å². The number of hydrogen-bond acceptors (Lipinski definition) is 3. The van der Waals surface area contributed by atoms with Crippen LogP contribution in [0.3, 0.4) is 0 Å². The van der Waals surface area contributed by atoms with Crippen molar-refractivity contribution < 1.29 is 9.21 Å². The molecule has 0 aliphatic carbocycles. The van der Waals surface area contributed by atoms with Crippen molar-refractivity contribution in [1.82, 2.24) is 10.2 Å². The lowest BCUT2D eigenvalue weighted by Crippen LogP contribution is -2.55. The van der Waals surface area contributed by atoms with Crippen LogP contribution in [0.5, 0.6) is 0 Å². The summed E-state index contributed by atoms with van der Waals surface area (Å²) < 4.78 is 5.37. The Morgan fingerprint density at radius 1 is 1.39 bits per heavy atom. The molecule has 1 amide bonds. The van der Waals surface area contributed by atoms with Crippen molar-refractivity contribution in [1.29, 1.82) is 0 Å². The minimum Gasteiger partial charge on any atom is -0.467 e. The van der Waals surface area contributed by atoms with Gasteiger partial charge in [-0.15, -0.1) is 0 Å². The van der Waals surface area contributed by atoms with E-state index in [0.717, 1.165) is 18.7 Å². The summed E-state index contributed by atoms with van der Waals surface area (Å²) in [5, 5.41) is 3.31. The fourth-order valence-electron chi connectivity index (χ4n) is 2.35. The third-order valence-electron chi connectivity index (χ3n) is 3.71. The van der Waals surface area contributed by atoms with E-state index in [1.54, 1.807) is 6.26 Å². The Balaban J connectivity index is 2.28. The van der Waals surface area contributed by atoms with Gasteiger partial charge in [-0.25, -0.2) is 0 Å². The second-order valence-corrected chi connectivity index (χ2v) is 6.08. The van der Waals surface area contributed by atoms with Gasteiger partial charge in [-0.1, -0.05) is 0 Å². The van der Waals surface area contributed by atoms with E-state index in [9.17, 15) is 4.79 Å². The maximum absolute atomic E-state index is 12.6. The third kappa shape index (κ3) is 2.43. The van der Waals surface area contributed by atoms with E-state index in [1.807, 2.05) is 30.9 Å². The number of furan rings is 1. The maximum atomic E-state index is 12.6. The minimum absolute atomic E-state index is 0.126. The van der Waals surface area contributed by atoms with E-state index in [0.29, 0.717) is 6.54 Å². The minimum atomic E-state index is -0.514. The van der Waals surface area contributed by atoms with Crippen LogP contribution in [0.25, 0.3) is 0 Å². The van der Waals surface area contributed by atoms with Gasteiger partial charge in [0.15, 0.2) is 0 Å². The first kappa shape index (κ1) is 13.1. The van der Waals surface area contributed by atoms with E-state index in [1.165, 1.54) is 0 Å². The Morgan fingerprint density at radius 2 is 2.11 bits per heavy atom. The molecule has 1 N–H and O–H groups in total. The molecule has 1 aromatic rings. The lowest BCUT2D eigenvalue weighted by Gasteiger charge is -2.39. The average Bonchev–Trinajstić information content (AvgIpc) is 2.74. The van der Waals surface area contributed by atoms with Crippen LogP contribution in [0.1, 0.15) is 39.9 Å². The highest BCUT2D eigenvalue weighted by molar-refractivity contribution is 5.86. The highest BCUT2D eigenvalue weighted by Crippen LogP contribution is 2.27. The predicted molar refractivity (Wildman–Crippen MR) is 70.0 cm³/mol. The molecule has 100 valence electrons. The van der Waals surface area contributed by atoms with Crippen molar-refractivity contribution >= 4 is 5.91 Å². The molecule has 2 heterocycles. The second kappa shape index (κ2) is 4.43. The Bertz CT molecular complexity index is 421. The Labute approximate surface area is 108 Å². The van der Waals surface area contributed by atoms with E-state index in [2.05, 4.69) is 19.2 Å². The van der Waals surface area contributed by atoms with Crippen LogP contribution in [0.4, 0.5) is 0 Å². The van der Waals surface area contributed by atoms with Crippen molar-refractivity contribution in [2.75, 3.05) is 6.54 Å². The first-order chi connectivity index (χ1) is 8.33. The topological polar surface area (TPSA) is 45.5 Å². The summed E-state index contributed by atoms with van der Waals surface area (Å²) in [6, 6.07) is 3.77. The molecule has 4 heteroatoms. The zero-order valence-electron chi connectivity index (χ0n) is 11.6. The quantitative estimate of drug-likeness (QED) is 0.875. The molecule has 2 rings (SSSR count). The summed E-state index contributed by atoms with van der Waals surface area (Å²) in [4.78, 5) is 14.6. The SMILES string of the molecule is CC1(C)NCCC(C)(C)N(Cc2ccco2)C1=O. The molecule has 4 nitrogen and oxygen atoms in total. The predicted octanol–water partition coefficient (Wildman–Crippen LogP) is 2.16. The van der Waals surface area contributed by atoms with Crippen molar-refractivity contribution in [3.63, 3.8) is 0 Å². The number of rotatable bonds is 2.